The van der Waals surface area contributed by atoms with E-state index in [2.05, 4.69) is 29.3 Å². The van der Waals surface area contributed by atoms with E-state index in [0.29, 0.717) is 17.2 Å². The van der Waals surface area contributed by atoms with Crippen LogP contribution >= 0.6 is 0 Å². The second kappa shape index (κ2) is 7.52. The zero-order chi connectivity index (χ0) is 18.0. The smallest absolute Gasteiger partial charge is 0.259 e. The Morgan fingerprint density at radius 2 is 2.12 bits per heavy atom. The predicted octanol–water partition coefficient (Wildman–Crippen LogP) is 3.12. The van der Waals surface area contributed by atoms with Crippen molar-refractivity contribution in [2.24, 2.45) is 5.92 Å². The number of fused-ring (bicyclic) bond motifs is 1. The van der Waals surface area contributed by atoms with Gasteiger partial charge in [-0.2, -0.15) is 0 Å². The lowest BCUT2D eigenvalue weighted by Gasteiger charge is -2.32. The number of aryl methyl sites for hydroxylation is 1. The molecular formula is C19H28N4O2. The van der Waals surface area contributed by atoms with E-state index in [0.717, 1.165) is 49.2 Å². The summed E-state index contributed by atoms with van der Waals surface area (Å²) in [6.07, 6.45) is 3.32. The Balaban J connectivity index is 1.84. The Labute approximate surface area is 149 Å². The summed E-state index contributed by atoms with van der Waals surface area (Å²) >= 11 is 0. The van der Waals surface area contributed by atoms with E-state index in [1.54, 1.807) is 0 Å². The average molecular weight is 344 g/mol. The number of aromatic nitrogens is 2. The number of pyridine rings is 1. The average Bonchev–Trinajstić information content (AvgIpc) is 3.03. The molecule has 1 aliphatic heterocycles. The van der Waals surface area contributed by atoms with Gasteiger partial charge in [0, 0.05) is 18.8 Å². The minimum atomic E-state index is 0.0765. The molecule has 0 aromatic carbocycles. The normalized spacial score (nSPS) is 16.1. The maximum atomic E-state index is 13.2. The van der Waals surface area contributed by atoms with Crippen LogP contribution in [0.25, 0.3) is 11.1 Å². The van der Waals surface area contributed by atoms with E-state index in [-0.39, 0.29) is 11.8 Å². The van der Waals surface area contributed by atoms with Crippen LogP contribution in [0.4, 0.5) is 0 Å². The van der Waals surface area contributed by atoms with Gasteiger partial charge in [0.2, 0.25) is 0 Å². The summed E-state index contributed by atoms with van der Waals surface area (Å²) in [7, 11) is 1.99. The molecule has 0 bridgehead atoms. The SMILES string of the molecule is CNCCC1CCN(C(=O)c2cc(C)nc3onc(C(C)C)c23)CC1. The van der Waals surface area contributed by atoms with E-state index in [1.807, 2.05) is 24.9 Å². The van der Waals surface area contributed by atoms with Crippen LogP contribution in [0.2, 0.25) is 0 Å². The van der Waals surface area contributed by atoms with Crippen molar-refractivity contribution in [3.8, 4) is 0 Å². The van der Waals surface area contributed by atoms with Crippen LogP contribution in [0, 0.1) is 12.8 Å². The molecule has 136 valence electrons. The Bertz CT molecular complexity index is 745. The van der Waals surface area contributed by atoms with Gasteiger partial charge in [-0.25, -0.2) is 4.98 Å². The van der Waals surface area contributed by atoms with Gasteiger partial charge in [0.05, 0.1) is 16.6 Å². The Morgan fingerprint density at radius 3 is 2.76 bits per heavy atom. The first-order valence-electron chi connectivity index (χ1n) is 9.22. The van der Waals surface area contributed by atoms with E-state index in [9.17, 15) is 4.79 Å². The third-order valence-electron chi connectivity index (χ3n) is 5.08. The van der Waals surface area contributed by atoms with Crippen LogP contribution in [0.15, 0.2) is 10.6 Å². The van der Waals surface area contributed by atoms with E-state index >= 15 is 0 Å². The number of rotatable bonds is 5. The summed E-state index contributed by atoms with van der Waals surface area (Å²) in [5.74, 6) is 0.967. The highest BCUT2D eigenvalue weighted by atomic mass is 16.5. The van der Waals surface area contributed by atoms with Crippen molar-refractivity contribution in [1.82, 2.24) is 20.4 Å². The fourth-order valence-corrected chi connectivity index (χ4v) is 3.60. The minimum absolute atomic E-state index is 0.0765. The fraction of sp³-hybridized carbons (Fsp3) is 0.632. The van der Waals surface area contributed by atoms with Crippen LogP contribution in [-0.4, -0.2) is 47.6 Å². The number of hydrogen-bond donors (Lipinski definition) is 1. The van der Waals surface area contributed by atoms with Crippen LogP contribution in [-0.2, 0) is 0 Å². The predicted molar refractivity (Wildman–Crippen MR) is 97.8 cm³/mol. The summed E-state index contributed by atoms with van der Waals surface area (Å²) in [5.41, 5.74) is 2.75. The van der Waals surface area contributed by atoms with E-state index in [4.69, 9.17) is 4.52 Å². The third kappa shape index (κ3) is 3.68. The number of amides is 1. The first-order valence-corrected chi connectivity index (χ1v) is 9.22. The molecule has 0 radical (unpaired) electrons. The Hall–Kier alpha value is -1.95. The summed E-state index contributed by atoms with van der Waals surface area (Å²) in [6.45, 7) is 8.67. The second-order valence-electron chi connectivity index (χ2n) is 7.34. The first kappa shape index (κ1) is 17.9. The molecule has 1 N–H and O–H groups in total. The monoisotopic (exact) mass is 344 g/mol. The minimum Gasteiger partial charge on any atom is -0.339 e. The summed E-state index contributed by atoms with van der Waals surface area (Å²) in [4.78, 5) is 19.6. The van der Waals surface area contributed by atoms with Crippen molar-refractivity contribution in [2.45, 2.75) is 46.0 Å². The molecule has 6 nitrogen and oxygen atoms in total. The van der Waals surface area contributed by atoms with Crippen molar-refractivity contribution in [2.75, 3.05) is 26.7 Å². The van der Waals surface area contributed by atoms with Gasteiger partial charge in [0.15, 0.2) is 0 Å². The molecule has 0 unspecified atom stereocenters. The lowest BCUT2D eigenvalue weighted by molar-refractivity contribution is 0.0689. The van der Waals surface area contributed by atoms with E-state index in [1.165, 1.54) is 6.42 Å². The van der Waals surface area contributed by atoms with Gasteiger partial charge in [-0.1, -0.05) is 19.0 Å². The molecule has 2 aromatic rings. The van der Waals surface area contributed by atoms with Crippen LogP contribution in [0.5, 0.6) is 0 Å². The second-order valence-corrected chi connectivity index (χ2v) is 7.34. The van der Waals surface area contributed by atoms with Gasteiger partial charge in [0.1, 0.15) is 0 Å². The standard InChI is InChI=1S/C19H28N4O2/c1-12(2)17-16-15(11-13(3)21-18(16)25-22-17)19(24)23-9-6-14(7-10-23)5-8-20-4/h11-12,14,20H,5-10H2,1-4H3. The zero-order valence-corrected chi connectivity index (χ0v) is 15.6. The Kier molecular flexibility index (Phi) is 5.37. The maximum absolute atomic E-state index is 13.2. The Morgan fingerprint density at radius 1 is 1.40 bits per heavy atom. The number of hydrogen-bond acceptors (Lipinski definition) is 5. The van der Waals surface area contributed by atoms with Crippen molar-refractivity contribution in [3.63, 3.8) is 0 Å². The highest BCUT2D eigenvalue weighted by molar-refractivity contribution is 6.06. The van der Waals surface area contributed by atoms with Crippen LogP contribution in [0.3, 0.4) is 0 Å². The molecule has 0 aliphatic carbocycles. The molecular weight excluding hydrogens is 316 g/mol. The van der Waals surface area contributed by atoms with Crippen LogP contribution < -0.4 is 5.32 Å². The third-order valence-corrected chi connectivity index (χ3v) is 5.08. The number of piperidine rings is 1. The van der Waals surface area contributed by atoms with Crippen LogP contribution in [0.1, 0.15) is 60.8 Å². The molecule has 2 aromatic heterocycles. The van der Waals surface area contributed by atoms with E-state index < -0.39 is 0 Å². The molecule has 3 rings (SSSR count). The molecule has 1 amide bonds. The zero-order valence-electron chi connectivity index (χ0n) is 15.6. The number of nitrogens with one attached hydrogen (secondary N) is 1. The number of carbonyl (C=O) groups excluding carboxylic acids is 1. The number of likely N-dealkylation sites (tertiary alicyclic amines) is 1. The van der Waals surface area contributed by atoms with Gasteiger partial charge < -0.3 is 14.7 Å². The maximum Gasteiger partial charge on any atom is 0.259 e. The van der Waals surface area contributed by atoms with Crippen molar-refractivity contribution >= 4 is 17.0 Å². The molecule has 25 heavy (non-hydrogen) atoms. The van der Waals surface area contributed by atoms with Gasteiger partial charge in [-0.05, 0) is 57.7 Å². The topological polar surface area (TPSA) is 71.3 Å². The van der Waals surface area contributed by atoms with Crippen molar-refractivity contribution < 1.29 is 9.32 Å². The lowest BCUT2D eigenvalue weighted by Crippen LogP contribution is -2.39. The first-order chi connectivity index (χ1) is 12.0. The molecule has 1 saturated heterocycles. The largest absolute Gasteiger partial charge is 0.339 e. The van der Waals surface area contributed by atoms with Gasteiger partial charge in [-0.15, -0.1) is 0 Å². The molecule has 1 fully saturated rings. The lowest BCUT2D eigenvalue weighted by atomic mass is 9.93. The summed E-state index contributed by atoms with van der Waals surface area (Å²) in [5, 5.41) is 8.15. The quantitative estimate of drug-likeness (QED) is 0.902. The van der Waals surface area contributed by atoms with Crippen molar-refractivity contribution in [3.05, 3.63) is 23.0 Å². The highest BCUT2D eigenvalue weighted by Gasteiger charge is 2.27. The van der Waals surface area contributed by atoms with Gasteiger partial charge in [-0.3, -0.25) is 4.79 Å². The summed E-state index contributed by atoms with van der Waals surface area (Å²) in [6, 6.07) is 1.88. The summed E-state index contributed by atoms with van der Waals surface area (Å²) < 4.78 is 5.39. The van der Waals surface area contributed by atoms with Gasteiger partial charge in [0.25, 0.3) is 11.6 Å². The number of carbonyl (C=O) groups is 1. The molecule has 6 heteroatoms. The molecule has 1 aliphatic rings. The van der Waals surface area contributed by atoms with Crippen molar-refractivity contribution in [1.29, 1.82) is 0 Å². The molecule has 0 spiro atoms. The fourth-order valence-electron chi connectivity index (χ4n) is 3.60. The highest BCUT2D eigenvalue weighted by Crippen LogP contribution is 2.29. The molecule has 0 atom stereocenters. The number of nitrogens with zero attached hydrogens (tertiary/aromatic N) is 3. The van der Waals surface area contributed by atoms with Gasteiger partial charge >= 0.3 is 0 Å². The molecule has 0 saturated carbocycles. The molecule has 3 heterocycles.